The Labute approximate surface area is 136 Å². The molecule has 1 atom stereocenters. The molecule has 3 heterocycles. The average Bonchev–Trinajstić information content (AvgIpc) is 3.12. The van der Waals surface area contributed by atoms with Crippen LogP contribution in [0.1, 0.15) is 12.8 Å². The van der Waals surface area contributed by atoms with E-state index in [1.807, 2.05) is 0 Å². The predicted octanol–water partition coefficient (Wildman–Crippen LogP) is 0.771. The number of hydrogen-bond donors (Lipinski definition) is 3. The first-order valence-electron chi connectivity index (χ1n) is 7.64. The Bertz CT molecular complexity index is 974. The first-order valence-corrected chi connectivity index (χ1v) is 7.64. The molecule has 3 aromatic rings. The van der Waals surface area contributed by atoms with Crippen LogP contribution in [0.2, 0.25) is 0 Å². The molecule has 1 aliphatic rings. The van der Waals surface area contributed by atoms with Crippen molar-refractivity contribution in [3.8, 4) is 17.0 Å². The second-order valence-electron chi connectivity index (χ2n) is 5.82. The number of hydrogen-bond acceptors (Lipinski definition) is 5. The minimum absolute atomic E-state index is 0.00348. The minimum atomic E-state index is -0.297. The first-order chi connectivity index (χ1) is 11.6. The topological polar surface area (TPSA) is 113 Å². The highest BCUT2D eigenvalue weighted by molar-refractivity contribution is 5.78. The molecule has 8 heteroatoms. The van der Waals surface area contributed by atoms with E-state index in [2.05, 4.69) is 20.3 Å². The van der Waals surface area contributed by atoms with Gasteiger partial charge < -0.3 is 10.4 Å². The number of fused-ring (bicyclic) bond motifs is 1. The number of phenolic OH excluding ortho intramolecular Hbond substituents is 1. The molecule has 2 aromatic heterocycles. The first kappa shape index (κ1) is 14.4. The van der Waals surface area contributed by atoms with Crippen molar-refractivity contribution in [2.24, 2.45) is 0 Å². The van der Waals surface area contributed by atoms with E-state index in [0.717, 1.165) is 5.56 Å². The molecule has 3 N–H and O–H groups in total. The monoisotopic (exact) mass is 325 g/mol. The van der Waals surface area contributed by atoms with Gasteiger partial charge in [0.2, 0.25) is 5.91 Å². The molecule has 1 amide bonds. The Hall–Kier alpha value is -3.16. The lowest BCUT2D eigenvalue weighted by Crippen LogP contribution is -2.33. The number of carbonyl (C=O) groups excluding carboxylic acids is 1. The number of H-pyrrole nitrogens is 1. The third-order valence-electron chi connectivity index (χ3n) is 4.13. The Morgan fingerprint density at radius 2 is 2.04 bits per heavy atom. The second kappa shape index (κ2) is 5.48. The fourth-order valence-corrected chi connectivity index (χ4v) is 2.90. The third kappa shape index (κ3) is 2.51. The maximum atomic E-state index is 12.2. The van der Waals surface area contributed by atoms with Gasteiger partial charge in [-0.1, -0.05) is 0 Å². The molecule has 1 unspecified atom stereocenters. The quantitative estimate of drug-likeness (QED) is 0.658. The molecule has 122 valence electrons. The van der Waals surface area contributed by atoms with Gasteiger partial charge in [0, 0.05) is 24.6 Å². The maximum absolute atomic E-state index is 12.2. The number of aromatic nitrogens is 4. The van der Waals surface area contributed by atoms with Crippen LogP contribution in [0.15, 0.2) is 35.3 Å². The Morgan fingerprint density at radius 3 is 2.75 bits per heavy atom. The van der Waals surface area contributed by atoms with Crippen molar-refractivity contribution in [3.05, 3.63) is 40.9 Å². The van der Waals surface area contributed by atoms with E-state index in [9.17, 15) is 14.7 Å². The zero-order chi connectivity index (χ0) is 16.7. The number of benzene rings is 1. The lowest BCUT2D eigenvalue weighted by molar-refractivity contribution is -0.119. The highest BCUT2D eigenvalue weighted by atomic mass is 16.3. The number of aromatic amines is 1. The SMILES string of the molecule is O=C1CCC(Cn2c(=O)[nH]c3ncc(-c4ccc(O)cc4)nc32)N1. The normalized spacial score (nSPS) is 17.3. The highest BCUT2D eigenvalue weighted by Crippen LogP contribution is 2.21. The molecule has 0 radical (unpaired) electrons. The van der Waals surface area contributed by atoms with E-state index in [1.54, 1.807) is 30.5 Å². The van der Waals surface area contributed by atoms with Gasteiger partial charge in [-0.15, -0.1) is 0 Å². The molecule has 0 spiro atoms. The molecule has 24 heavy (non-hydrogen) atoms. The summed E-state index contributed by atoms with van der Waals surface area (Å²) >= 11 is 0. The van der Waals surface area contributed by atoms with Gasteiger partial charge in [-0.2, -0.15) is 0 Å². The van der Waals surface area contributed by atoms with Crippen molar-refractivity contribution in [2.45, 2.75) is 25.4 Å². The van der Waals surface area contributed by atoms with Crippen LogP contribution in [0.5, 0.6) is 5.75 Å². The van der Waals surface area contributed by atoms with Crippen molar-refractivity contribution >= 4 is 17.2 Å². The number of imidazole rings is 1. The summed E-state index contributed by atoms with van der Waals surface area (Å²) in [5.41, 5.74) is 1.95. The van der Waals surface area contributed by atoms with Gasteiger partial charge in [0.05, 0.1) is 11.9 Å². The van der Waals surface area contributed by atoms with Crippen LogP contribution in [0.4, 0.5) is 0 Å². The van der Waals surface area contributed by atoms with Gasteiger partial charge >= 0.3 is 5.69 Å². The fraction of sp³-hybridized carbons (Fsp3) is 0.250. The van der Waals surface area contributed by atoms with Gasteiger partial charge in [0.1, 0.15) is 5.75 Å². The molecule has 1 aromatic carbocycles. The molecule has 0 bridgehead atoms. The Morgan fingerprint density at radius 1 is 1.25 bits per heavy atom. The Balaban J connectivity index is 1.75. The largest absolute Gasteiger partial charge is 0.508 e. The van der Waals surface area contributed by atoms with Gasteiger partial charge in [0.25, 0.3) is 0 Å². The van der Waals surface area contributed by atoms with E-state index in [4.69, 9.17) is 0 Å². The molecule has 0 saturated carbocycles. The van der Waals surface area contributed by atoms with Crippen molar-refractivity contribution in [1.82, 2.24) is 24.8 Å². The number of nitrogens with zero attached hydrogens (tertiary/aromatic N) is 3. The summed E-state index contributed by atoms with van der Waals surface area (Å²) in [6, 6.07) is 6.53. The summed E-state index contributed by atoms with van der Waals surface area (Å²) in [5, 5.41) is 12.2. The number of nitrogens with one attached hydrogen (secondary N) is 2. The number of rotatable bonds is 3. The van der Waals surface area contributed by atoms with Crippen molar-refractivity contribution in [2.75, 3.05) is 0 Å². The zero-order valence-corrected chi connectivity index (χ0v) is 12.7. The second-order valence-corrected chi connectivity index (χ2v) is 5.82. The standard InChI is InChI=1S/C16H15N5O3/c22-11-4-1-9(2-5-11)12-7-17-14-15(19-12)21(16(24)20-14)8-10-3-6-13(23)18-10/h1-2,4-5,7,10,22H,3,6,8H2,(H,18,23)(H,17,20,24). The fourth-order valence-electron chi connectivity index (χ4n) is 2.90. The summed E-state index contributed by atoms with van der Waals surface area (Å²) < 4.78 is 1.50. The van der Waals surface area contributed by atoms with Gasteiger partial charge in [0.15, 0.2) is 11.3 Å². The van der Waals surface area contributed by atoms with E-state index in [-0.39, 0.29) is 23.4 Å². The molecule has 0 aliphatic carbocycles. The van der Waals surface area contributed by atoms with E-state index >= 15 is 0 Å². The van der Waals surface area contributed by atoms with Crippen LogP contribution in [-0.4, -0.2) is 36.6 Å². The van der Waals surface area contributed by atoms with Gasteiger partial charge in [-0.25, -0.2) is 14.8 Å². The third-order valence-corrected chi connectivity index (χ3v) is 4.13. The summed E-state index contributed by atoms with van der Waals surface area (Å²) in [6.07, 6.45) is 2.75. The number of carbonyl (C=O) groups is 1. The van der Waals surface area contributed by atoms with E-state index in [0.29, 0.717) is 36.4 Å². The van der Waals surface area contributed by atoms with E-state index < -0.39 is 0 Å². The summed E-state index contributed by atoms with van der Waals surface area (Å²) in [6.45, 7) is 0.359. The molecule has 1 saturated heterocycles. The lowest BCUT2D eigenvalue weighted by Gasteiger charge is -2.10. The average molecular weight is 325 g/mol. The van der Waals surface area contributed by atoms with Gasteiger partial charge in [-0.3, -0.25) is 14.3 Å². The van der Waals surface area contributed by atoms with Crippen molar-refractivity contribution in [1.29, 1.82) is 0 Å². The van der Waals surface area contributed by atoms with Crippen LogP contribution < -0.4 is 11.0 Å². The zero-order valence-electron chi connectivity index (χ0n) is 12.7. The summed E-state index contributed by atoms with van der Waals surface area (Å²) in [4.78, 5) is 35.0. The summed E-state index contributed by atoms with van der Waals surface area (Å²) in [7, 11) is 0. The number of phenols is 1. The Kier molecular flexibility index (Phi) is 3.30. The van der Waals surface area contributed by atoms with Crippen LogP contribution in [0, 0.1) is 0 Å². The smallest absolute Gasteiger partial charge is 0.328 e. The molecule has 1 fully saturated rings. The van der Waals surface area contributed by atoms with Crippen LogP contribution in [0.3, 0.4) is 0 Å². The molecular weight excluding hydrogens is 310 g/mol. The van der Waals surface area contributed by atoms with Crippen LogP contribution >= 0.6 is 0 Å². The van der Waals surface area contributed by atoms with Crippen molar-refractivity contribution in [3.63, 3.8) is 0 Å². The van der Waals surface area contributed by atoms with Crippen molar-refractivity contribution < 1.29 is 9.90 Å². The number of aromatic hydroxyl groups is 1. The predicted molar refractivity (Wildman–Crippen MR) is 86.4 cm³/mol. The molecule has 4 rings (SSSR count). The van der Waals surface area contributed by atoms with Crippen LogP contribution in [-0.2, 0) is 11.3 Å². The molecular formula is C16H15N5O3. The summed E-state index contributed by atoms with van der Waals surface area (Å²) in [5.74, 6) is 0.173. The van der Waals surface area contributed by atoms with Gasteiger partial charge in [-0.05, 0) is 30.7 Å². The molecule has 8 nitrogen and oxygen atoms in total. The molecule has 1 aliphatic heterocycles. The number of amides is 1. The maximum Gasteiger partial charge on any atom is 0.328 e. The van der Waals surface area contributed by atoms with E-state index in [1.165, 1.54) is 4.57 Å². The van der Waals surface area contributed by atoms with Crippen LogP contribution in [0.25, 0.3) is 22.6 Å². The highest BCUT2D eigenvalue weighted by Gasteiger charge is 2.23. The minimum Gasteiger partial charge on any atom is -0.508 e. The lowest BCUT2D eigenvalue weighted by atomic mass is 10.1.